The third kappa shape index (κ3) is 2.43. The van der Waals surface area contributed by atoms with Crippen LogP contribution in [0.15, 0.2) is 48.5 Å². The van der Waals surface area contributed by atoms with Crippen LogP contribution in [0.4, 0.5) is 0 Å². The lowest BCUT2D eigenvalue weighted by Crippen LogP contribution is -2.26. The Labute approximate surface area is 124 Å². The number of hydrogen-bond donors (Lipinski definition) is 1. The molecule has 0 fully saturated rings. The van der Waals surface area contributed by atoms with Gasteiger partial charge in [0.15, 0.2) is 6.23 Å². The van der Waals surface area contributed by atoms with Crippen LogP contribution in [0.1, 0.15) is 27.0 Å². The van der Waals surface area contributed by atoms with Gasteiger partial charge in [-0.05, 0) is 32.9 Å². The Morgan fingerprint density at radius 3 is 1.76 bits per heavy atom. The monoisotopic (exact) mass is 283 g/mol. The molecule has 0 aliphatic heterocycles. The number of nitrogens with zero attached hydrogens (tertiary/aromatic N) is 1. The van der Waals surface area contributed by atoms with Gasteiger partial charge in [-0.2, -0.15) is 0 Å². The minimum atomic E-state index is -0.591. The molecule has 3 aromatic rings. The summed E-state index contributed by atoms with van der Waals surface area (Å²) in [6.45, 7) is 5.75. The fourth-order valence-corrected chi connectivity index (χ4v) is 2.90. The molecule has 0 amide bonds. The van der Waals surface area contributed by atoms with Crippen molar-refractivity contribution in [3.8, 4) is 0 Å². The summed E-state index contributed by atoms with van der Waals surface area (Å²) < 4.78 is 8.09. The highest BCUT2D eigenvalue weighted by molar-refractivity contribution is 6.08. The van der Waals surface area contributed by atoms with Crippen molar-refractivity contribution in [2.24, 2.45) is 0 Å². The van der Waals surface area contributed by atoms with E-state index in [0.29, 0.717) is 0 Å². The first kappa shape index (κ1) is 14.1. The molecule has 3 heteroatoms. The van der Waals surface area contributed by atoms with Crippen LogP contribution in [0.3, 0.4) is 0 Å². The van der Waals surface area contributed by atoms with Crippen molar-refractivity contribution in [3.05, 3.63) is 48.5 Å². The minimum Gasteiger partial charge on any atom is -0.389 e. The maximum atomic E-state index is 10.2. The van der Waals surface area contributed by atoms with E-state index in [9.17, 15) is 5.11 Å². The number of aliphatic hydroxyl groups is 1. The van der Waals surface area contributed by atoms with Crippen LogP contribution in [0.2, 0.25) is 0 Å². The SMILES string of the molecule is CC(C)O[C@H]([C@@H](C)O)n1c2ccccc2c2ccccc21. The van der Waals surface area contributed by atoms with Gasteiger partial charge in [0.25, 0.3) is 0 Å². The summed E-state index contributed by atoms with van der Waals surface area (Å²) in [5, 5.41) is 12.6. The van der Waals surface area contributed by atoms with E-state index in [2.05, 4.69) is 28.8 Å². The van der Waals surface area contributed by atoms with Crippen molar-refractivity contribution in [2.75, 3.05) is 0 Å². The molecule has 0 unspecified atom stereocenters. The molecule has 3 nitrogen and oxygen atoms in total. The van der Waals surface area contributed by atoms with E-state index in [1.54, 1.807) is 6.92 Å². The highest BCUT2D eigenvalue weighted by Crippen LogP contribution is 2.33. The molecule has 1 aromatic heterocycles. The van der Waals surface area contributed by atoms with Gasteiger partial charge in [-0.1, -0.05) is 36.4 Å². The molecule has 2 atom stereocenters. The second-order valence-corrected chi connectivity index (χ2v) is 5.72. The van der Waals surface area contributed by atoms with Gasteiger partial charge in [0.05, 0.1) is 23.2 Å². The Morgan fingerprint density at radius 1 is 0.857 bits per heavy atom. The zero-order valence-electron chi connectivity index (χ0n) is 12.7. The standard InChI is InChI=1S/C18H21NO2/c1-12(2)21-18(13(3)20)19-16-10-6-4-8-14(16)15-9-5-7-11-17(15)19/h4-13,18,20H,1-3H3/t13-,18-/m1/s1. The van der Waals surface area contributed by atoms with Crippen molar-refractivity contribution in [1.29, 1.82) is 0 Å². The van der Waals surface area contributed by atoms with Crippen LogP contribution >= 0.6 is 0 Å². The molecule has 3 rings (SSSR count). The third-order valence-corrected chi connectivity index (χ3v) is 3.70. The maximum absolute atomic E-state index is 10.2. The summed E-state index contributed by atoms with van der Waals surface area (Å²) in [6.07, 6.45) is -0.939. The molecule has 0 aliphatic carbocycles. The van der Waals surface area contributed by atoms with Crippen LogP contribution < -0.4 is 0 Å². The first-order valence-corrected chi connectivity index (χ1v) is 7.41. The number of ether oxygens (including phenoxy) is 1. The van der Waals surface area contributed by atoms with Gasteiger partial charge in [-0.25, -0.2) is 0 Å². The van der Waals surface area contributed by atoms with Gasteiger partial charge in [0.2, 0.25) is 0 Å². The van der Waals surface area contributed by atoms with Crippen molar-refractivity contribution in [3.63, 3.8) is 0 Å². The normalized spacial score (nSPS) is 14.9. The summed E-state index contributed by atoms with van der Waals surface area (Å²) in [7, 11) is 0. The van der Waals surface area contributed by atoms with Crippen molar-refractivity contribution < 1.29 is 9.84 Å². The van der Waals surface area contributed by atoms with E-state index in [0.717, 1.165) is 11.0 Å². The van der Waals surface area contributed by atoms with Crippen molar-refractivity contribution in [1.82, 2.24) is 4.57 Å². The third-order valence-electron chi connectivity index (χ3n) is 3.70. The van der Waals surface area contributed by atoms with E-state index in [4.69, 9.17) is 4.74 Å². The second-order valence-electron chi connectivity index (χ2n) is 5.72. The van der Waals surface area contributed by atoms with E-state index in [1.807, 2.05) is 38.1 Å². The fraction of sp³-hybridized carbons (Fsp3) is 0.333. The number of aliphatic hydroxyl groups excluding tert-OH is 1. The van der Waals surface area contributed by atoms with Gasteiger partial charge < -0.3 is 14.4 Å². The molecule has 0 spiro atoms. The number of hydrogen-bond acceptors (Lipinski definition) is 2. The summed E-state index contributed by atoms with van der Waals surface area (Å²) in [5.41, 5.74) is 2.18. The van der Waals surface area contributed by atoms with E-state index < -0.39 is 12.3 Å². The largest absolute Gasteiger partial charge is 0.389 e. The summed E-state index contributed by atoms with van der Waals surface area (Å²) in [5.74, 6) is 0. The molecule has 1 heterocycles. The zero-order chi connectivity index (χ0) is 15.0. The predicted octanol–water partition coefficient (Wildman–Crippen LogP) is 4.10. The van der Waals surface area contributed by atoms with Gasteiger partial charge in [0.1, 0.15) is 0 Å². The highest BCUT2D eigenvalue weighted by atomic mass is 16.5. The van der Waals surface area contributed by atoms with Crippen LogP contribution in [-0.2, 0) is 4.74 Å². The van der Waals surface area contributed by atoms with E-state index >= 15 is 0 Å². The molecular formula is C18H21NO2. The molecule has 0 saturated carbocycles. The van der Waals surface area contributed by atoms with E-state index in [-0.39, 0.29) is 6.10 Å². The topological polar surface area (TPSA) is 34.4 Å². The average Bonchev–Trinajstić information content (AvgIpc) is 2.79. The lowest BCUT2D eigenvalue weighted by atomic mass is 10.2. The molecule has 0 saturated heterocycles. The van der Waals surface area contributed by atoms with Crippen LogP contribution in [0.5, 0.6) is 0 Å². The van der Waals surface area contributed by atoms with Gasteiger partial charge >= 0.3 is 0 Å². The Balaban J connectivity index is 2.32. The summed E-state index contributed by atoms with van der Waals surface area (Å²) in [6, 6.07) is 16.5. The van der Waals surface area contributed by atoms with Gasteiger partial charge in [-0.15, -0.1) is 0 Å². The maximum Gasteiger partial charge on any atom is 0.160 e. The lowest BCUT2D eigenvalue weighted by molar-refractivity contribution is -0.0962. The number of aromatic nitrogens is 1. The Kier molecular flexibility index (Phi) is 3.70. The molecule has 0 aliphatic rings. The summed E-state index contributed by atoms with van der Waals surface area (Å²) >= 11 is 0. The molecule has 1 N–H and O–H groups in total. The van der Waals surface area contributed by atoms with Gasteiger partial charge in [-0.3, -0.25) is 0 Å². The predicted molar refractivity (Wildman–Crippen MR) is 86.4 cm³/mol. The Morgan fingerprint density at radius 2 is 1.33 bits per heavy atom. The molecule has 110 valence electrons. The van der Waals surface area contributed by atoms with Gasteiger partial charge in [0, 0.05) is 10.8 Å². The Hall–Kier alpha value is -1.84. The highest BCUT2D eigenvalue weighted by Gasteiger charge is 2.23. The number of rotatable bonds is 4. The smallest absolute Gasteiger partial charge is 0.160 e. The molecule has 21 heavy (non-hydrogen) atoms. The zero-order valence-corrected chi connectivity index (χ0v) is 12.7. The van der Waals surface area contributed by atoms with Crippen LogP contribution in [0, 0.1) is 0 Å². The number of fused-ring (bicyclic) bond motifs is 3. The number of para-hydroxylation sites is 2. The molecule has 0 radical (unpaired) electrons. The fourth-order valence-electron chi connectivity index (χ4n) is 2.90. The van der Waals surface area contributed by atoms with E-state index in [1.165, 1.54) is 10.8 Å². The van der Waals surface area contributed by atoms with Crippen LogP contribution in [-0.4, -0.2) is 21.9 Å². The second kappa shape index (κ2) is 5.51. The Bertz CT molecular complexity index is 705. The quantitative estimate of drug-likeness (QED) is 0.782. The number of benzene rings is 2. The first-order valence-electron chi connectivity index (χ1n) is 7.41. The molecular weight excluding hydrogens is 262 g/mol. The lowest BCUT2D eigenvalue weighted by Gasteiger charge is -2.26. The summed E-state index contributed by atoms with van der Waals surface area (Å²) in [4.78, 5) is 0. The van der Waals surface area contributed by atoms with Crippen LogP contribution in [0.25, 0.3) is 21.8 Å². The molecule has 0 bridgehead atoms. The first-order chi connectivity index (χ1) is 10.1. The molecule has 2 aromatic carbocycles. The minimum absolute atomic E-state index is 0.0459. The van der Waals surface area contributed by atoms with Crippen molar-refractivity contribution in [2.45, 2.75) is 39.2 Å². The van der Waals surface area contributed by atoms with Crippen molar-refractivity contribution >= 4 is 21.8 Å². The average molecular weight is 283 g/mol.